The number of benzene rings is 3. The summed E-state index contributed by atoms with van der Waals surface area (Å²) in [5, 5.41) is 11.3. The summed E-state index contributed by atoms with van der Waals surface area (Å²) in [6.07, 6.45) is 0.857. The second-order valence-corrected chi connectivity index (χ2v) is 8.62. The molecule has 180 valence electrons. The molecule has 6 heteroatoms. The number of nitrogens with zero attached hydrogens (tertiary/aromatic N) is 1. The van der Waals surface area contributed by atoms with Crippen molar-refractivity contribution in [3.63, 3.8) is 0 Å². The number of amides is 1. The predicted molar refractivity (Wildman–Crippen MR) is 136 cm³/mol. The van der Waals surface area contributed by atoms with Gasteiger partial charge in [-0.15, -0.1) is 0 Å². The van der Waals surface area contributed by atoms with Crippen LogP contribution in [0, 0.1) is 0 Å². The number of methoxy groups -OCH3 is 1. The lowest BCUT2D eigenvalue weighted by Crippen LogP contribution is -2.29. The molecule has 0 aromatic heterocycles. The van der Waals surface area contributed by atoms with Gasteiger partial charge in [0, 0.05) is 16.8 Å². The molecular weight excluding hydrogens is 442 g/mol. The van der Waals surface area contributed by atoms with E-state index in [1.165, 1.54) is 12.0 Å². The third kappa shape index (κ3) is 4.64. The van der Waals surface area contributed by atoms with Crippen LogP contribution >= 0.6 is 0 Å². The lowest BCUT2D eigenvalue weighted by molar-refractivity contribution is -0.132. The predicted octanol–water partition coefficient (Wildman–Crippen LogP) is 5.67. The summed E-state index contributed by atoms with van der Waals surface area (Å²) in [5.41, 5.74) is 2.72. The Kier molecular flexibility index (Phi) is 6.92. The molecule has 1 aliphatic rings. The van der Waals surface area contributed by atoms with Gasteiger partial charge in [-0.25, -0.2) is 0 Å². The number of ether oxygens (including phenoxy) is 2. The summed E-state index contributed by atoms with van der Waals surface area (Å²) < 4.78 is 11.2. The van der Waals surface area contributed by atoms with Crippen LogP contribution in [-0.4, -0.2) is 30.0 Å². The molecule has 1 aliphatic heterocycles. The highest BCUT2D eigenvalue weighted by Crippen LogP contribution is 2.44. The SMILES string of the molecule is CCc1ccc(N2C(=O)C(=O)/C(=C(\O)c3ccc(OC(C)C)cc3)C2c2ccccc2OC)cc1. The number of Topliss-reactive ketones (excluding diaryl/α,β-unsaturated/α-hetero) is 1. The Bertz CT molecular complexity index is 1260. The lowest BCUT2D eigenvalue weighted by Gasteiger charge is -2.26. The first-order valence-corrected chi connectivity index (χ1v) is 11.7. The van der Waals surface area contributed by atoms with Crippen molar-refractivity contribution in [1.29, 1.82) is 0 Å². The number of para-hydroxylation sites is 1. The van der Waals surface area contributed by atoms with Crippen LogP contribution in [0.1, 0.15) is 43.5 Å². The van der Waals surface area contributed by atoms with Crippen molar-refractivity contribution in [1.82, 2.24) is 0 Å². The summed E-state index contributed by atoms with van der Waals surface area (Å²) >= 11 is 0. The van der Waals surface area contributed by atoms with Gasteiger partial charge in [-0.05, 0) is 68.3 Å². The minimum Gasteiger partial charge on any atom is -0.507 e. The third-order valence-corrected chi connectivity index (χ3v) is 6.00. The Morgan fingerprint density at radius 1 is 0.971 bits per heavy atom. The van der Waals surface area contributed by atoms with Gasteiger partial charge < -0.3 is 14.6 Å². The quantitative estimate of drug-likeness (QED) is 0.273. The fourth-order valence-corrected chi connectivity index (χ4v) is 4.30. The molecule has 6 nitrogen and oxygen atoms in total. The molecule has 35 heavy (non-hydrogen) atoms. The van der Waals surface area contributed by atoms with E-state index >= 15 is 0 Å². The van der Waals surface area contributed by atoms with E-state index in [2.05, 4.69) is 0 Å². The van der Waals surface area contributed by atoms with Crippen LogP contribution in [-0.2, 0) is 16.0 Å². The Morgan fingerprint density at radius 3 is 2.23 bits per heavy atom. The molecule has 3 aromatic rings. The average molecular weight is 472 g/mol. The molecule has 0 bridgehead atoms. The standard InChI is InChI=1S/C29H29NO5/c1-5-19-10-14-21(15-11-19)30-26(23-8-6-7-9-24(23)34-4)25(28(32)29(30)33)27(31)20-12-16-22(17-13-20)35-18(2)3/h6-18,26,31H,5H2,1-4H3/b27-25-. The van der Waals surface area contributed by atoms with Crippen LogP contribution in [0.15, 0.2) is 78.4 Å². The van der Waals surface area contributed by atoms with E-state index in [1.54, 1.807) is 36.4 Å². The number of aliphatic hydroxyl groups is 1. The van der Waals surface area contributed by atoms with Crippen LogP contribution in [0.5, 0.6) is 11.5 Å². The number of carbonyl (C=O) groups excluding carboxylic acids is 2. The van der Waals surface area contributed by atoms with Crippen molar-refractivity contribution in [2.45, 2.75) is 39.3 Å². The van der Waals surface area contributed by atoms with Gasteiger partial charge in [0.05, 0.1) is 24.8 Å². The number of carbonyl (C=O) groups is 2. The molecule has 1 N–H and O–H groups in total. The molecule has 1 unspecified atom stereocenters. The molecule has 1 amide bonds. The second kappa shape index (κ2) is 10.1. The van der Waals surface area contributed by atoms with Gasteiger partial charge >= 0.3 is 0 Å². The number of anilines is 1. The van der Waals surface area contributed by atoms with E-state index < -0.39 is 17.7 Å². The van der Waals surface area contributed by atoms with Crippen molar-refractivity contribution in [3.8, 4) is 11.5 Å². The van der Waals surface area contributed by atoms with E-state index in [0.717, 1.165) is 12.0 Å². The molecule has 0 radical (unpaired) electrons. The number of hydrogen-bond donors (Lipinski definition) is 1. The highest BCUT2D eigenvalue weighted by molar-refractivity contribution is 6.51. The van der Waals surface area contributed by atoms with Gasteiger partial charge in [-0.2, -0.15) is 0 Å². The average Bonchev–Trinajstić information content (AvgIpc) is 3.13. The molecule has 1 saturated heterocycles. The van der Waals surface area contributed by atoms with Gasteiger partial charge in [0.2, 0.25) is 0 Å². The minimum atomic E-state index is -0.856. The highest BCUT2D eigenvalue weighted by Gasteiger charge is 2.47. The van der Waals surface area contributed by atoms with E-state index in [0.29, 0.717) is 28.3 Å². The van der Waals surface area contributed by atoms with E-state index in [1.807, 2.05) is 57.2 Å². The normalized spacial score (nSPS) is 17.2. The number of rotatable bonds is 7. The van der Waals surface area contributed by atoms with E-state index in [4.69, 9.17) is 9.47 Å². The van der Waals surface area contributed by atoms with Crippen LogP contribution in [0.3, 0.4) is 0 Å². The van der Waals surface area contributed by atoms with Crippen molar-refractivity contribution in [2.24, 2.45) is 0 Å². The topological polar surface area (TPSA) is 76.1 Å². The zero-order valence-corrected chi connectivity index (χ0v) is 20.3. The molecule has 0 aliphatic carbocycles. The fraction of sp³-hybridized carbons (Fsp3) is 0.241. The Balaban J connectivity index is 1.88. The summed E-state index contributed by atoms with van der Waals surface area (Å²) in [4.78, 5) is 28.1. The number of ketones is 1. The number of aryl methyl sites for hydroxylation is 1. The maximum absolute atomic E-state index is 13.3. The van der Waals surface area contributed by atoms with Crippen molar-refractivity contribution in [3.05, 3.63) is 95.1 Å². The summed E-state index contributed by atoms with van der Waals surface area (Å²) in [6.45, 7) is 5.90. The van der Waals surface area contributed by atoms with Crippen molar-refractivity contribution in [2.75, 3.05) is 12.0 Å². The molecule has 0 saturated carbocycles. The first kappa shape index (κ1) is 24.1. The summed E-state index contributed by atoms with van der Waals surface area (Å²) in [5.74, 6) is -0.537. The van der Waals surface area contributed by atoms with Gasteiger partial charge in [-0.1, -0.05) is 37.3 Å². The molecule has 3 aromatic carbocycles. The van der Waals surface area contributed by atoms with E-state index in [-0.39, 0.29) is 17.4 Å². The van der Waals surface area contributed by atoms with Crippen molar-refractivity contribution >= 4 is 23.1 Å². The molecule has 4 rings (SSSR count). The zero-order valence-electron chi connectivity index (χ0n) is 20.3. The fourth-order valence-electron chi connectivity index (χ4n) is 4.30. The molecule has 1 heterocycles. The Labute approximate surface area is 205 Å². The monoisotopic (exact) mass is 471 g/mol. The van der Waals surface area contributed by atoms with Gasteiger partial charge in [0.1, 0.15) is 17.3 Å². The maximum atomic E-state index is 13.3. The molecule has 1 atom stereocenters. The Morgan fingerprint density at radius 2 is 1.63 bits per heavy atom. The second-order valence-electron chi connectivity index (χ2n) is 8.62. The van der Waals surface area contributed by atoms with E-state index in [9.17, 15) is 14.7 Å². The number of aliphatic hydroxyl groups excluding tert-OH is 1. The van der Waals surface area contributed by atoms with Crippen LogP contribution in [0.25, 0.3) is 5.76 Å². The number of hydrogen-bond acceptors (Lipinski definition) is 5. The van der Waals surface area contributed by atoms with Crippen LogP contribution in [0.2, 0.25) is 0 Å². The molecular formula is C29H29NO5. The lowest BCUT2D eigenvalue weighted by atomic mass is 9.94. The van der Waals surface area contributed by atoms with Gasteiger partial charge in [0.15, 0.2) is 0 Å². The zero-order chi connectivity index (χ0) is 25.1. The smallest absolute Gasteiger partial charge is 0.300 e. The highest BCUT2D eigenvalue weighted by atomic mass is 16.5. The largest absolute Gasteiger partial charge is 0.507 e. The first-order valence-electron chi connectivity index (χ1n) is 11.7. The molecule has 0 spiro atoms. The summed E-state index contributed by atoms with van der Waals surface area (Å²) in [7, 11) is 1.54. The summed E-state index contributed by atoms with van der Waals surface area (Å²) in [6, 6.07) is 20.7. The van der Waals surface area contributed by atoms with Crippen LogP contribution < -0.4 is 14.4 Å². The van der Waals surface area contributed by atoms with Crippen molar-refractivity contribution < 1.29 is 24.2 Å². The Hall–Kier alpha value is -4.06. The third-order valence-electron chi connectivity index (χ3n) is 6.00. The van der Waals surface area contributed by atoms with Crippen LogP contribution in [0.4, 0.5) is 5.69 Å². The minimum absolute atomic E-state index is 0.00409. The maximum Gasteiger partial charge on any atom is 0.300 e. The molecule has 1 fully saturated rings. The van der Waals surface area contributed by atoms with Gasteiger partial charge in [0.25, 0.3) is 11.7 Å². The van der Waals surface area contributed by atoms with Gasteiger partial charge in [-0.3, -0.25) is 14.5 Å². The first-order chi connectivity index (χ1) is 16.8.